The van der Waals surface area contributed by atoms with Gasteiger partial charge in [0.15, 0.2) is 0 Å². The second-order valence-corrected chi connectivity index (χ2v) is 6.75. The monoisotopic (exact) mass is 458 g/mol. The highest BCUT2D eigenvalue weighted by atomic mass is 19.1. The van der Waals surface area contributed by atoms with Crippen LogP contribution in [0.1, 0.15) is 52.0 Å². The maximum absolute atomic E-state index is 12.8. The second-order valence-electron chi connectivity index (χ2n) is 6.75. The molecule has 0 fully saturated rings. The van der Waals surface area contributed by atoms with Gasteiger partial charge >= 0.3 is 0 Å². The summed E-state index contributed by atoms with van der Waals surface area (Å²) in [5.74, 6) is 1.18. The molecule has 7 nitrogen and oxygen atoms in total. The van der Waals surface area contributed by atoms with Crippen LogP contribution in [0.3, 0.4) is 0 Å². The Kier molecular flexibility index (Phi) is 18.2. The molecule has 0 radical (unpaired) electrons. The van der Waals surface area contributed by atoms with Crippen LogP contribution in [0.2, 0.25) is 0 Å². The number of hydrogen-bond donors (Lipinski definition) is 1. The van der Waals surface area contributed by atoms with E-state index in [1.165, 1.54) is 60.6 Å². The Hall–Kier alpha value is -3.55. The average molecular weight is 459 g/mol. The SMILES string of the molecule is CCC.CCCCCc1ccc(Oc2ccc(F)cc2)cc1.NC=O.O=CCn1nccn1. The summed E-state index contributed by atoms with van der Waals surface area (Å²) in [6, 6.07) is 14.2. The Morgan fingerprint density at radius 2 is 1.39 bits per heavy atom. The van der Waals surface area contributed by atoms with Crippen LogP contribution in [0, 0.1) is 5.82 Å². The number of halogens is 1. The summed E-state index contributed by atoms with van der Waals surface area (Å²) in [6.07, 6.45) is 10.2. The van der Waals surface area contributed by atoms with Gasteiger partial charge in [0.05, 0.1) is 12.4 Å². The van der Waals surface area contributed by atoms with Gasteiger partial charge < -0.3 is 15.3 Å². The number of nitrogens with two attached hydrogens (primary N) is 1. The van der Waals surface area contributed by atoms with Gasteiger partial charge in [0.1, 0.15) is 30.1 Å². The predicted molar refractivity (Wildman–Crippen MR) is 128 cm³/mol. The van der Waals surface area contributed by atoms with E-state index in [9.17, 15) is 9.18 Å². The molecule has 1 heterocycles. The Morgan fingerprint density at radius 3 is 1.85 bits per heavy atom. The number of primary amides is 1. The molecular weight excluding hydrogens is 423 g/mol. The summed E-state index contributed by atoms with van der Waals surface area (Å²) in [5.41, 5.74) is 5.50. The predicted octanol–water partition coefficient (Wildman–Crippen LogP) is 5.35. The maximum atomic E-state index is 12.8. The minimum absolute atomic E-state index is 0.243. The molecule has 1 amide bonds. The van der Waals surface area contributed by atoms with Gasteiger partial charge in [-0.05, 0) is 54.8 Å². The van der Waals surface area contributed by atoms with Crippen molar-refractivity contribution >= 4 is 12.7 Å². The van der Waals surface area contributed by atoms with E-state index in [2.05, 4.69) is 48.8 Å². The van der Waals surface area contributed by atoms with Crippen molar-refractivity contribution in [3.8, 4) is 11.5 Å². The van der Waals surface area contributed by atoms with Crippen LogP contribution in [-0.2, 0) is 22.6 Å². The lowest BCUT2D eigenvalue weighted by Gasteiger charge is -2.06. The standard InChI is InChI=1S/C17H19FO.C4H5N3O.C3H8.CH3NO/c1-2-3-4-5-14-6-10-16(11-7-14)19-17-12-8-15(18)9-13-17;8-4-3-7-5-1-2-6-7;1-3-2;2-1-3/h6-13H,2-5H2,1H3;1-2,4H,3H2;3H2,1-2H3;1H,(H2,2,3). The molecule has 0 aliphatic heterocycles. The normalized spacial score (nSPS) is 9.09. The highest BCUT2D eigenvalue weighted by Crippen LogP contribution is 2.22. The number of aromatic nitrogens is 3. The number of rotatable bonds is 8. The van der Waals surface area contributed by atoms with Crippen molar-refractivity contribution in [2.45, 2.75) is 59.4 Å². The smallest absolute Gasteiger partial charge is 0.204 e. The molecule has 0 unspecified atom stereocenters. The molecule has 3 rings (SSSR count). The minimum atomic E-state index is -0.251. The van der Waals surface area contributed by atoms with Crippen LogP contribution >= 0.6 is 0 Å². The van der Waals surface area contributed by atoms with Gasteiger partial charge in [0.25, 0.3) is 0 Å². The van der Waals surface area contributed by atoms with E-state index in [0.29, 0.717) is 5.75 Å². The summed E-state index contributed by atoms with van der Waals surface area (Å²) < 4.78 is 18.4. The van der Waals surface area contributed by atoms with Crippen molar-refractivity contribution in [2.75, 3.05) is 0 Å². The molecule has 0 aliphatic carbocycles. The minimum Gasteiger partial charge on any atom is -0.457 e. The first-order valence-corrected chi connectivity index (χ1v) is 11.0. The van der Waals surface area contributed by atoms with Crippen LogP contribution in [0.25, 0.3) is 0 Å². The number of benzene rings is 2. The Morgan fingerprint density at radius 1 is 0.909 bits per heavy atom. The van der Waals surface area contributed by atoms with E-state index in [-0.39, 0.29) is 18.8 Å². The molecule has 2 aromatic carbocycles. The van der Waals surface area contributed by atoms with Crippen molar-refractivity contribution in [1.82, 2.24) is 15.0 Å². The number of amides is 1. The lowest BCUT2D eigenvalue weighted by atomic mass is 10.1. The van der Waals surface area contributed by atoms with Crippen LogP contribution in [0.5, 0.6) is 11.5 Å². The number of aldehydes is 1. The molecule has 1 aromatic heterocycles. The Labute approximate surface area is 195 Å². The highest BCUT2D eigenvalue weighted by molar-refractivity contribution is 5.48. The van der Waals surface area contributed by atoms with Crippen molar-refractivity contribution in [1.29, 1.82) is 0 Å². The fraction of sp³-hybridized carbons (Fsp3) is 0.360. The fourth-order valence-electron chi connectivity index (χ4n) is 2.35. The first-order chi connectivity index (χ1) is 16.0. The third kappa shape index (κ3) is 15.8. The van der Waals surface area contributed by atoms with E-state index in [0.717, 1.165) is 18.5 Å². The molecule has 180 valence electrons. The van der Waals surface area contributed by atoms with Gasteiger partial charge in [-0.15, -0.1) is 0 Å². The third-order valence-electron chi connectivity index (χ3n) is 3.75. The topological polar surface area (TPSA) is 100 Å². The van der Waals surface area contributed by atoms with Crippen molar-refractivity contribution in [3.05, 3.63) is 72.3 Å². The molecule has 0 aliphatic rings. The molecule has 2 N–H and O–H groups in total. The number of aryl methyl sites for hydroxylation is 1. The number of nitrogens with zero attached hydrogens (tertiary/aromatic N) is 3. The first kappa shape index (κ1) is 29.5. The van der Waals surface area contributed by atoms with E-state index in [4.69, 9.17) is 9.53 Å². The number of carbonyl (C=O) groups is 2. The lowest BCUT2D eigenvalue weighted by molar-refractivity contribution is -0.108. The highest BCUT2D eigenvalue weighted by Gasteiger charge is 1.99. The zero-order valence-corrected chi connectivity index (χ0v) is 19.7. The molecule has 0 atom stereocenters. The third-order valence-corrected chi connectivity index (χ3v) is 3.75. The summed E-state index contributed by atoms with van der Waals surface area (Å²) in [5, 5.41) is 7.36. The molecule has 3 aromatic rings. The van der Waals surface area contributed by atoms with Crippen LogP contribution < -0.4 is 10.5 Å². The molecule has 33 heavy (non-hydrogen) atoms. The summed E-state index contributed by atoms with van der Waals surface area (Å²) in [7, 11) is 0. The van der Waals surface area contributed by atoms with Crippen LogP contribution in [0.4, 0.5) is 4.39 Å². The molecule has 8 heteroatoms. The van der Waals surface area contributed by atoms with E-state index in [1.54, 1.807) is 12.1 Å². The summed E-state index contributed by atoms with van der Waals surface area (Å²) >= 11 is 0. The number of carbonyl (C=O) groups excluding carboxylic acids is 2. The average Bonchev–Trinajstić information content (AvgIpc) is 3.32. The molecular formula is C25H35FN4O3. The maximum Gasteiger partial charge on any atom is 0.204 e. The number of hydrogen-bond acceptors (Lipinski definition) is 5. The van der Waals surface area contributed by atoms with E-state index >= 15 is 0 Å². The van der Waals surface area contributed by atoms with Gasteiger partial charge in [-0.1, -0.05) is 52.2 Å². The molecule has 0 bridgehead atoms. The van der Waals surface area contributed by atoms with Gasteiger partial charge in [-0.3, -0.25) is 4.79 Å². The van der Waals surface area contributed by atoms with E-state index < -0.39 is 0 Å². The van der Waals surface area contributed by atoms with Gasteiger partial charge in [0.2, 0.25) is 6.41 Å². The van der Waals surface area contributed by atoms with Crippen LogP contribution in [-0.4, -0.2) is 27.7 Å². The summed E-state index contributed by atoms with van der Waals surface area (Å²) in [6.45, 7) is 6.70. The molecule has 0 spiro atoms. The summed E-state index contributed by atoms with van der Waals surface area (Å²) in [4.78, 5) is 19.7. The largest absolute Gasteiger partial charge is 0.457 e. The first-order valence-electron chi connectivity index (χ1n) is 11.0. The Balaban J connectivity index is 0.000000602. The van der Waals surface area contributed by atoms with Gasteiger partial charge in [-0.25, -0.2) is 4.39 Å². The van der Waals surface area contributed by atoms with Crippen molar-refractivity contribution in [3.63, 3.8) is 0 Å². The van der Waals surface area contributed by atoms with Crippen LogP contribution in [0.15, 0.2) is 60.9 Å². The number of unbranched alkanes of at least 4 members (excludes halogenated alkanes) is 2. The van der Waals surface area contributed by atoms with E-state index in [1.807, 2.05) is 12.1 Å². The van der Waals surface area contributed by atoms with Crippen molar-refractivity contribution in [2.24, 2.45) is 5.73 Å². The zero-order valence-electron chi connectivity index (χ0n) is 19.7. The molecule has 0 saturated heterocycles. The zero-order chi connectivity index (χ0) is 24.7. The van der Waals surface area contributed by atoms with Gasteiger partial charge in [0, 0.05) is 0 Å². The second kappa shape index (κ2) is 20.4. The Bertz CT molecular complexity index is 839. The fourth-order valence-corrected chi connectivity index (χ4v) is 2.35. The number of ether oxygens (including phenoxy) is 1. The quantitative estimate of drug-likeness (QED) is 0.362. The lowest BCUT2D eigenvalue weighted by Crippen LogP contribution is -2.01. The van der Waals surface area contributed by atoms with Crippen molar-refractivity contribution < 1.29 is 18.7 Å². The van der Waals surface area contributed by atoms with Gasteiger partial charge in [-0.2, -0.15) is 15.0 Å². The molecule has 0 saturated carbocycles.